The summed E-state index contributed by atoms with van der Waals surface area (Å²) in [6.45, 7) is 6.51. The highest BCUT2D eigenvalue weighted by Gasteiger charge is 2.16. The molecule has 0 bridgehead atoms. The highest BCUT2D eigenvalue weighted by molar-refractivity contribution is 5.75. The maximum absolute atomic E-state index is 11.2. The van der Waals surface area contributed by atoms with Crippen molar-refractivity contribution in [1.82, 2.24) is 0 Å². The van der Waals surface area contributed by atoms with Gasteiger partial charge in [-0.15, -0.1) is 0 Å². The Kier molecular flexibility index (Phi) is 4.29. The van der Waals surface area contributed by atoms with E-state index >= 15 is 0 Å². The summed E-state index contributed by atoms with van der Waals surface area (Å²) in [6, 6.07) is 7.62. The summed E-state index contributed by atoms with van der Waals surface area (Å²) in [5, 5.41) is 0. The number of hydrogen-bond acceptors (Lipinski definition) is 3. The maximum Gasteiger partial charge on any atom is 0.322 e. The van der Waals surface area contributed by atoms with Gasteiger partial charge in [-0.2, -0.15) is 0 Å². The fourth-order valence-corrected chi connectivity index (χ4v) is 1.63. The van der Waals surface area contributed by atoms with Crippen LogP contribution in [0.15, 0.2) is 24.3 Å². The average Bonchev–Trinajstić information content (AvgIpc) is 2.27. The lowest BCUT2D eigenvalue weighted by atomic mass is 9.86. The molecule has 17 heavy (non-hydrogen) atoms. The minimum absolute atomic E-state index is 0.142. The Morgan fingerprint density at radius 3 is 2.24 bits per heavy atom. The van der Waals surface area contributed by atoms with E-state index in [1.54, 1.807) is 0 Å². The molecule has 1 aromatic rings. The summed E-state index contributed by atoms with van der Waals surface area (Å²) in [4.78, 5) is 11.2. The van der Waals surface area contributed by atoms with Gasteiger partial charge in [-0.05, 0) is 23.0 Å². The van der Waals surface area contributed by atoms with Gasteiger partial charge in [-0.1, -0.05) is 45.0 Å². The van der Waals surface area contributed by atoms with E-state index in [0.717, 1.165) is 5.56 Å². The quantitative estimate of drug-likeness (QED) is 0.815. The first kappa shape index (κ1) is 13.7. The second-order valence-corrected chi connectivity index (χ2v) is 5.28. The molecule has 1 atom stereocenters. The first-order valence-corrected chi connectivity index (χ1v) is 5.77. The zero-order valence-corrected chi connectivity index (χ0v) is 11.0. The maximum atomic E-state index is 11.2. The van der Waals surface area contributed by atoms with Gasteiger partial charge in [0.15, 0.2) is 0 Å². The normalized spacial score (nSPS) is 13.2. The van der Waals surface area contributed by atoms with E-state index in [1.165, 1.54) is 12.7 Å². The number of carbonyl (C=O) groups is 1. The van der Waals surface area contributed by atoms with Gasteiger partial charge in [0.05, 0.1) is 7.11 Å². The van der Waals surface area contributed by atoms with Crippen molar-refractivity contribution in [2.45, 2.75) is 38.6 Å². The fourth-order valence-electron chi connectivity index (χ4n) is 1.63. The van der Waals surface area contributed by atoms with Crippen LogP contribution in [0, 0.1) is 0 Å². The molecule has 0 unspecified atom stereocenters. The van der Waals surface area contributed by atoms with Crippen LogP contribution in [0.3, 0.4) is 0 Å². The summed E-state index contributed by atoms with van der Waals surface area (Å²) in [7, 11) is 1.35. The zero-order chi connectivity index (χ0) is 13.1. The van der Waals surface area contributed by atoms with Gasteiger partial charge >= 0.3 is 5.97 Å². The average molecular weight is 235 g/mol. The summed E-state index contributed by atoms with van der Waals surface area (Å²) >= 11 is 0. The van der Waals surface area contributed by atoms with Crippen molar-refractivity contribution in [3.05, 3.63) is 35.4 Å². The lowest BCUT2D eigenvalue weighted by molar-refractivity contribution is -0.142. The van der Waals surface area contributed by atoms with Crippen molar-refractivity contribution in [2.75, 3.05) is 7.11 Å². The molecule has 0 amide bonds. The van der Waals surface area contributed by atoms with E-state index < -0.39 is 6.04 Å². The van der Waals surface area contributed by atoms with Crippen molar-refractivity contribution in [2.24, 2.45) is 5.73 Å². The third-order valence-electron chi connectivity index (χ3n) is 2.78. The van der Waals surface area contributed by atoms with Crippen molar-refractivity contribution < 1.29 is 9.53 Å². The number of benzene rings is 1. The highest BCUT2D eigenvalue weighted by atomic mass is 16.5. The molecule has 0 heterocycles. The van der Waals surface area contributed by atoms with Crippen molar-refractivity contribution in [3.8, 4) is 0 Å². The molecule has 3 nitrogen and oxygen atoms in total. The minimum atomic E-state index is -0.583. The highest BCUT2D eigenvalue weighted by Crippen LogP contribution is 2.22. The van der Waals surface area contributed by atoms with E-state index in [9.17, 15) is 4.79 Å². The van der Waals surface area contributed by atoms with E-state index in [1.807, 2.05) is 12.1 Å². The van der Waals surface area contributed by atoms with E-state index in [0.29, 0.717) is 6.42 Å². The summed E-state index contributed by atoms with van der Waals surface area (Å²) in [5.41, 5.74) is 8.17. The Hall–Kier alpha value is -1.35. The molecule has 0 saturated heterocycles. The molecule has 94 valence electrons. The summed E-state index contributed by atoms with van der Waals surface area (Å²) in [6.07, 6.45) is 0.511. The largest absolute Gasteiger partial charge is 0.468 e. The number of nitrogens with two attached hydrogens (primary N) is 1. The Morgan fingerprint density at radius 1 is 1.29 bits per heavy atom. The van der Waals surface area contributed by atoms with Crippen LogP contribution in [0.4, 0.5) is 0 Å². The fraction of sp³-hybridized carbons (Fsp3) is 0.500. The number of carbonyl (C=O) groups excluding carboxylic acids is 1. The molecule has 1 rings (SSSR count). The standard InChI is InChI=1S/C14H21NO2/c1-14(2,3)11-7-5-10(6-8-11)9-12(15)13(16)17-4/h5-8,12H,9,15H2,1-4H3/t12-/m0/s1. The Morgan fingerprint density at radius 2 is 1.82 bits per heavy atom. The predicted octanol–water partition coefficient (Wildman–Crippen LogP) is 2.03. The molecule has 3 heteroatoms. The lowest BCUT2D eigenvalue weighted by Crippen LogP contribution is -2.33. The van der Waals surface area contributed by atoms with Crippen LogP contribution >= 0.6 is 0 Å². The van der Waals surface area contributed by atoms with Gasteiger partial charge in [-0.3, -0.25) is 4.79 Å². The van der Waals surface area contributed by atoms with Gasteiger partial charge in [-0.25, -0.2) is 0 Å². The third kappa shape index (κ3) is 3.86. The lowest BCUT2D eigenvalue weighted by Gasteiger charge is -2.19. The van der Waals surface area contributed by atoms with Gasteiger partial charge in [0.1, 0.15) is 6.04 Å². The zero-order valence-electron chi connectivity index (χ0n) is 11.0. The number of methoxy groups -OCH3 is 1. The smallest absolute Gasteiger partial charge is 0.322 e. The van der Waals surface area contributed by atoms with Crippen molar-refractivity contribution >= 4 is 5.97 Å². The first-order valence-electron chi connectivity index (χ1n) is 5.77. The molecular formula is C14H21NO2. The molecule has 0 aliphatic heterocycles. The molecule has 0 aliphatic rings. The predicted molar refractivity (Wildman–Crippen MR) is 68.8 cm³/mol. The van der Waals surface area contributed by atoms with Gasteiger partial charge < -0.3 is 10.5 Å². The Labute approximate surface area is 103 Å². The van der Waals surface area contributed by atoms with Crippen LogP contribution in [0.25, 0.3) is 0 Å². The van der Waals surface area contributed by atoms with Gasteiger partial charge in [0.25, 0.3) is 0 Å². The first-order chi connectivity index (χ1) is 7.84. The molecular weight excluding hydrogens is 214 g/mol. The van der Waals surface area contributed by atoms with Crippen LogP contribution in [0.2, 0.25) is 0 Å². The molecule has 0 saturated carbocycles. The van der Waals surface area contributed by atoms with Gasteiger partial charge in [0.2, 0.25) is 0 Å². The van der Waals surface area contributed by atoms with Crippen molar-refractivity contribution in [1.29, 1.82) is 0 Å². The number of esters is 1. The molecule has 0 fully saturated rings. The minimum Gasteiger partial charge on any atom is -0.468 e. The Bertz CT molecular complexity index is 376. The number of ether oxygens (including phenoxy) is 1. The van der Waals surface area contributed by atoms with Crippen molar-refractivity contribution in [3.63, 3.8) is 0 Å². The molecule has 2 N–H and O–H groups in total. The molecule has 0 aromatic heterocycles. The van der Waals surface area contributed by atoms with E-state index in [2.05, 4.69) is 37.6 Å². The van der Waals surface area contributed by atoms with Crippen LogP contribution < -0.4 is 5.73 Å². The molecule has 1 aromatic carbocycles. The van der Waals surface area contributed by atoms with Crippen LogP contribution in [0.1, 0.15) is 31.9 Å². The topological polar surface area (TPSA) is 52.3 Å². The summed E-state index contributed by atoms with van der Waals surface area (Å²) in [5.74, 6) is -0.370. The van der Waals surface area contributed by atoms with Crippen LogP contribution in [0.5, 0.6) is 0 Å². The monoisotopic (exact) mass is 235 g/mol. The second kappa shape index (κ2) is 5.32. The number of hydrogen-bond donors (Lipinski definition) is 1. The third-order valence-corrected chi connectivity index (χ3v) is 2.78. The number of rotatable bonds is 3. The van der Waals surface area contributed by atoms with Crippen LogP contribution in [-0.2, 0) is 21.4 Å². The molecule has 0 aliphatic carbocycles. The second-order valence-electron chi connectivity index (χ2n) is 5.28. The molecule has 0 radical (unpaired) electrons. The Balaban J connectivity index is 2.72. The van der Waals surface area contributed by atoms with E-state index in [4.69, 9.17) is 5.73 Å². The van der Waals surface area contributed by atoms with E-state index in [-0.39, 0.29) is 11.4 Å². The molecule has 0 spiro atoms. The van der Waals surface area contributed by atoms with Gasteiger partial charge in [0, 0.05) is 0 Å². The van der Waals surface area contributed by atoms with Crippen LogP contribution in [-0.4, -0.2) is 19.1 Å². The SMILES string of the molecule is COC(=O)[C@@H](N)Cc1ccc(C(C)(C)C)cc1. The summed E-state index contributed by atoms with van der Waals surface area (Å²) < 4.78 is 4.60.